The molecular formula is C10H10N2OS2. The molecule has 3 nitrogen and oxygen atoms in total. The van der Waals surface area contributed by atoms with E-state index in [1.54, 1.807) is 4.57 Å². The number of hydrogen-bond acceptors (Lipinski definition) is 3. The van der Waals surface area contributed by atoms with Gasteiger partial charge in [0.2, 0.25) is 0 Å². The van der Waals surface area contributed by atoms with E-state index in [1.165, 1.54) is 11.3 Å². The molecule has 1 fully saturated rings. The normalized spacial score (nSPS) is 18.2. The molecule has 0 bridgehead atoms. The van der Waals surface area contributed by atoms with E-state index in [4.69, 9.17) is 12.2 Å². The van der Waals surface area contributed by atoms with Gasteiger partial charge < -0.3 is 4.98 Å². The van der Waals surface area contributed by atoms with Crippen molar-refractivity contribution in [2.75, 3.05) is 0 Å². The summed E-state index contributed by atoms with van der Waals surface area (Å²) in [5, 5.41) is 2.67. The van der Waals surface area contributed by atoms with Crippen molar-refractivity contribution in [2.24, 2.45) is 0 Å². The maximum atomic E-state index is 12.2. The summed E-state index contributed by atoms with van der Waals surface area (Å²) >= 11 is 6.75. The average Bonchev–Trinajstić information content (AvgIpc) is 2.75. The molecule has 15 heavy (non-hydrogen) atoms. The SMILES string of the molecule is CC1(n2c(=S)[nH]c3sccc3c2=O)CC1. The summed E-state index contributed by atoms with van der Waals surface area (Å²) < 4.78 is 2.28. The molecule has 1 N–H and O–H groups in total. The summed E-state index contributed by atoms with van der Waals surface area (Å²) in [5.41, 5.74) is 0.0100. The zero-order chi connectivity index (χ0) is 10.6. The summed E-state index contributed by atoms with van der Waals surface area (Å²) in [5.74, 6) is 0. The van der Waals surface area contributed by atoms with Gasteiger partial charge >= 0.3 is 0 Å². The van der Waals surface area contributed by atoms with Gasteiger partial charge in [0, 0.05) is 5.54 Å². The van der Waals surface area contributed by atoms with Gasteiger partial charge in [0.1, 0.15) is 4.83 Å². The van der Waals surface area contributed by atoms with E-state index >= 15 is 0 Å². The highest BCUT2D eigenvalue weighted by Gasteiger charge is 2.41. The molecule has 1 saturated carbocycles. The molecule has 0 aliphatic heterocycles. The molecular weight excluding hydrogens is 228 g/mol. The molecule has 0 radical (unpaired) electrons. The topological polar surface area (TPSA) is 37.8 Å². The molecule has 0 atom stereocenters. The molecule has 0 saturated heterocycles. The van der Waals surface area contributed by atoms with Gasteiger partial charge in [-0.3, -0.25) is 9.36 Å². The Morgan fingerprint density at radius 2 is 2.33 bits per heavy atom. The summed E-state index contributed by atoms with van der Waals surface area (Å²) in [6, 6.07) is 1.86. The fraction of sp³-hybridized carbons (Fsp3) is 0.400. The minimum Gasteiger partial charge on any atom is -0.323 e. The third-order valence-electron chi connectivity index (χ3n) is 3.04. The number of aromatic amines is 1. The van der Waals surface area contributed by atoms with E-state index in [1.807, 2.05) is 11.4 Å². The maximum Gasteiger partial charge on any atom is 0.263 e. The second-order valence-electron chi connectivity index (χ2n) is 4.23. The molecule has 2 aromatic heterocycles. The van der Waals surface area contributed by atoms with Crippen LogP contribution in [0.5, 0.6) is 0 Å². The van der Waals surface area contributed by atoms with Crippen LogP contribution in [0.4, 0.5) is 0 Å². The Labute approximate surface area is 95.4 Å². The molecule has 78 valence electrons. The summed E-state index contributed by atoms with van der Waals surface area (Å²) in [6.07, 6.45) is 2.08. The van der Waals surface area contributed by atoms with Crippen molar-refractivity contribution < 1.29 is 0 Å². The van der Waals surface area contributed by atoms with Crippen LogP contribution in [0.2, 0.25) is 0 Å². The van der Waals surface area contributed by atoms with E-state index in [9.17, 15) is 4.79 Å². The number of nitrogens with zero attached hydrogens (tertiary/aromatic N) is 1. The first-order valence-corrected chi connectivity index (χ1v) is 6.14. The van der Waals surface area contributed by atoms with Crippen LogP contribution in [0.15, 0.2) is 16.2 Å². The zero-order valence-electron chi connectivity index (χ0n) is 8.24. The Kier molecular flexibility index (Phi) is 1.73. The minimum atomic E-state index is -0.0409. The Hall–Kier alpha value is -0.940. The number of nitrogens with one attached hydrogen (secondary N) is 1. The molecule has 0 aromatic carbocycles. The molecule has 2 heterocycles. The summed E-state index contributed by atoms with van der Waals surface area (Å²) in [6.45, 7) is 2.08. The fourth-order valence-corrected chi connectivity index (χ4v) is 3.08. The van der Waals surface area contributed by atoms with Crippen molar-refractivity contribution in [2.45, 2.75) is 25.3 Å². The maximum absolute atomic E-state index is 12.2. The highest BCUT2D eigenvalue weighted by molar-refractivity contribution is 7.71. The van der Waals surface area contributed by atoms with Gasteiger partial charge in [-0.05, 0) is 43.4 Å². The minimum absolute atomic E-state index is 0.0409. The molecule has 1 aliphatic carbocycles. The molecule has 0 unspecified atom stereocenters. The van der Waals surface area contributed by atoms with Gasteiger partial charge in [-0.2, -0.15) is 0 Å². The van der Waals surface area contributed by atoms with Gasteiger partial charge in [-0.1, -0.05) is 0 Å². The average molecular weight is 238 g/mol. The van der Waals surface area contributed by atoms with Crippen molar-refractivity contribution in [1.29, 1.82) is 0 Å². The summed E-state index contributed by atoms with van der Waals surface area (Å²) in [7, 11) is 0. The quantitative estimate of drug-likeness (QED) is 0.776. The van der Waals surface area contributed by atoms with Crippen LogP contribution in [0.25, 0.3) is 10.2 Å². The predicted octanol–water partition coefficient (Wildman–Crippen LogP) is 2.63. The smallest absolute Gasteiger partial charge is 0.263 e. The Balaban J connectivity index is 2.48. The van der Waals surface area contributed by atoms with Crippen LogP contribution in [-0.2, 0) is 5.54 Å². The Morgan fingerprint density at radius 3 is 3.00 bits per heavy atom. The lowest BCUT2D eigenvalue weighted by Gasteiger charge is -2.12. The Bertz CT molecular complexity index is 645. The monoisotopic (exact) mass is 238 g/mol. The van der Waals surface area contributed by atoms with Crippen LogP contribution >= 0.6 is 23.6 Å². The lowest BCUT2D eigenvalue weighted by Crippen LogP contribution is -2.29. The first kappa shape index (κ1) is 9.30. The molecule has 0 amide bonds. The highest BCUT2D eigenvalue weighted by atomic mass is 32.1. The second-order valence-corrected chi connectivity index (χ2v) is 5.53. The van der Waals surface area contributed by atoms with Gasteiger partial charge in [0.15, 0.2) is 4.77 Å². The number of rotatable bonds is 1. The van der Waals surface area contributed by atoms with Crippen LogP contribution in [0.3, 0.4) is 0 Å². The van der Waals surface area contributed by atoms with Crippen LogP contribution < -0.4 is 5.56 Å². The van der Waals surface area contributed by atoms with Crippen molar-refractivity contribution in [3.05, 3.63) is 26.6 Å². The second kappa shape index (κ2) is 2.80. The predicted molar refractivity (Wildman–Crippen MR) is 64.2 cm³/mol. The number of hydrogen-bond donors (Lipinski definition) is 1. The first-order valence-electron chi connectivity index (χ1n) is 4.85. The third-order valence-corrected chi connectivity index (χ3v) is 4.15. The fourth-order valence-electron chi connectivity index (χ4n) is 1.83. The van der Waals surface area contributed by atoms with Gasteiger partial charge in [-0.25, -0.2) is 0 Å². The summed E-state index contributed by atoms with van der Waals surface area (Å²) in [4.78, 5) is 16.2. The van der Waals surface area contributed by atoms with Crippen LogP contribution in [0.1, 0.15) is 19.8 Å². The van der Waals surface area contributed by atoms with Crippen molar-refractivity contribution in [1.82, 2.24) is 9.55 Å². The zero-order valence-corrected chi connectivity index (χ0v) is 9.87. The molecule has 5 heteroatoms. The van der Waals surface area contributed by atoms with Crippen LogP contribution in [-0.4, -0.2) is 9.55 Å². The molecule has 2 aromatic rings. The number of fused-ring (bicyclic) bond motifs is 1. The Morgan fingerprint density at radius 1 is 1.60 bits per heavy atom. The lowest BCUT2D eigenvalue weighted by atomic mass is 10.3. The van der Waals surface area contributed by atoms with E-state index in [0.717, 1.165) is 23.1 Å². The van der Waals surface area contributed by atoms with E-state index in [-0.39, 0.29) is 11.1 Å². The van der Waals surface area contributed by atoms with Crippen molar-refractivity contribution in [3.8, 4) is 0 Å². The highest BCUT2D eigenvalue weighted by Crippen LogP contribution is 2.42. The number of aromatic nitrogens is 2. The largest absolute Gasteiger partial charge is 0.323 e. The standard InChI is InChI=1S/C10H10N2OS2/c1-10(3-4-10)12-8(13)6-2-5-15-7(6)11-9(12)14/h2,5H,3-4H2,1H3,(H,11,14). The number of H-pyrrole nitrogens is 1. The van der Waals surface area contributed by atoms with Crippen molar-refractivity contribution >= 4 is 33.8 Å². The van der Waals surface area contributed by atoms with Crippen molar-refractivity contribution in [3.63, 3.8) is 0 Å². The van der Waals surface area contributed by atoms with Crippen LogP contribution in [0, 0.1) is 4.77 Å². The molecule has 1 aliphatic rings. The van der Waals surface area contributed by atoms with E-state index in [2.05, 4.69) is 11.9 Å². The van der Waals surface area contributed by atoms with Gasteiger partial charge in [0.05, 0.1) is 5.39 Å². The van der Waals surface area contributed by atoms with Gasteiger partial charge in [0.25, 0.3) is 5.56 Å². The third kappa shape index (κ3) is 1.23. The van der Waals surface area contributed by atoms with E-state index in [0.29, 0.717) is 4.77 Å². The lowest BCUT2D eigenvalue weighted by molar-refractivity contribution is 0.502. The first-order chi connectivity index (χ1) is 7.12. The van der Waals surface area contributed by atoms with Gasteiger partial charge in [-0.15, -0.1) is 11.3 Å². The molecule has 3 rings (SSSR count). The van der Waals surface area contributed by atoms with E-state index < -0.39 is 0 Å². The number of thiophene rings is 1. The molecule has 0 spiro atoms.